The van der Waals surface area contributed by atoms with Gasteiger partial charge in [-0.15, -0.1) is 0 Å². The summed E-state index contributed by atoms with van der Waals surface area (Å²) in [6.07, 6.45) is 22.9. The Kier molecular flexibility index (Phi) is 21.8. The summed E-state index contributed by atoms with van der Waals surface area (Å²) in [5.74, 6) is -0.306. The quantitative estimate of drug-likeness (QED) is 0.109. The van der Waals surface area contributed by atoms with Gasteiger partial charge in [0.05, 0.1) is 0 Å². The molecule has 0 saturated carbocycles. The number of hydrogen-bond donors (Lipinski definition) is 0. The van der Waals surface area contributed by atoms with Crippen molar-refractivity contribution in [2.45, 2.75) is 117 Å². The van der Waals surface area contributed by atoms with Crippen LogP contribution in [0.25, 0.3) is 0 Å². The molecular formula is C25H49NO2. The monoisotopic (exact) mass is 395 g/mol. The molecule has 0 amide bonds. The van der Waals surface area contributed by atoms with Crippen molar-refractivity contribution in [2.75, 3.05) is 26.2 Å². The van der Waals surface area contributed by atoms with Crippen LogP contribution in [0.5, 0.6) is 0 Å². The molecule has 0 aromatic carbocycles. The van der Waals surface area contributed by atoms with Gasteiger partial charge in [0.15, 0.2) is 0 Å². The van der Waals surface area contributed by atoms with Gasteiger partial charge in [-0.3, -0.25) is 4.90 Å². The summed E-state index contributed by atoms with van der Waals surface area (Å²) in [4.78, 5) is 13.7. The summed E-state index contributed by atoms with van der Waals surface area (Å²) in [5.41, 5.74) is 0. The van der Waals surface area contributed by atoms with Crippen LogP contribution in [0.2, 0.25) is 0 Å². The maximum Gasteiger partial charge on any atom is 0.330 e. The molecule has 0 fully saturated rings. The SMILES string of the molecule is C=CC(=O)OCCN(CCCCCCCCCC)CCCCCCCCCC. The number of hydrogen-bond acceptors (Lipinski definition) is 3. The Labute approximate surface area is 176 Å². The van der Waals surface area contributed by atoms with E-state index in [0.717, 1.165) is 19.6 Å². The van der Waals surface area contributed by atoms with E-state index < -0.39 is 0 Å². The second-order valence-electron chi connectivity index (χ2n) is 8.16. The first-order chi connectivity index (χ1) is 13.7. The molecule has 0 spiro atoms. The van der Waals surface area contributed by atoms with E-state index in [1.165, 1.54) is 109 Å². The van der Waals surface area contributed by atoms with Crippen LogP contribution in [0.15, 0.2) is 12.7 Å². The maximum absolute atomic E-state index is 11.2. The van der Waals surface area contributed by atoms with Gasteiger partial charge in [0.1, 0.15) is 6.61 Å². The molecule has 0 unspecified atom stereocenters. The Morgan fingerprint density at radius 1 is 0.679 bits per heavy atom. The Morgan fingerprint density at radius 2 is 1.07 bits per heavy atom. The van der Waals surface area contributed by atoms with Crippen LogP contribution >= 0.6 is 0 Å². The third kappa shape index (κ3) is 19.9. The summed E-state index contributed by atoms with van der Waals surface area (Å²) in [5, 5.41) is 0. The molecule has 0 aliphatic rings. The molecule has 0 aliphatic carbocycles. The van der Waals surface area contributed by atoms with Crippen LogP contribution in [0.4, 0.5) is 0 Å². The molecule has 0 radical (unpaired) electrons. The Bertz CT molecular complexity index is 323. The first-order valence-corrected chi connectivity index (χ1v) is 12.3. The van der Waals surface area contributed by atoms with Crippen molar-refractivity contribution in [1.82, 2.24) is 4.90 Å². The number of ether oxygens (including phenoxy) is 1. The minimum absolute atomic E-state index is 0.306. The fraction of sp³-hybridized carbons (Fsp3) is 0.880. The molecular weight excluding hydrogens is 346 g/mol. The molecule has 0 atom stereocenters. The zero-order chi connectivity index (χ0) is 20.7. The number of unbranched alkanes of at least 4 members (excludes halogenated alkanes) is 14. The highest BCUT2D eigenvalue weighted by Crippen LogP contribution is 2.11. The lowest BCUT2D eigenvalue weighted by molar-refractivity contribution is -0.138. The highest BCUT2D eigenvalue weighted by Gasteiger charge is 2.06. The summed E-state index contributed by atoms with van der Waals surface area (Å²) in [6.45, 7) is 11.6. The predicted octanol–water partition coefficient (Wildman–Crippen LogP) is 7.30. The molecule has 0 saturated heterocycles. The van der Waals surface area contributed by atoms with Crippen molar-refractivity contribution in [3.05, 3.63) is 12.7 Å². The summed E-state index contributed by atoms with van der Waals surface area (Å²) >= 11 is 0. The number of rotatable bonds is 22. The van der Waals surface area contributed by atoms with E-state index in [1.54, 1.807) is 0 Å². The van der Waals surface area contributed by atoms with Crippen LogP contribution < -0.4 is 0 Å². The molecule has 0 aromatic rings. The van der Waals surface area contributed by atoms with Crippen LogP contribution in [-0.4, -0.2) is 37.1 Å². The molecule has 0 N–H and O–H groups in total. The molecule has 0 aliphatic heterocycles. The lowest BCUT2D eigenvalue weighted by atomic mass is 10.1. The largest absolute Gasteiger partial charge is 0.461 e. The smallest absolute Gasteiger partial charge is 0.330 e. The average molecular weight is 396 g/mol. The van der Waals surface area contributed by atoms with E-state index in [0.29, 0.717) is 6.61 Å². The maximum atomic E-state index is 11.2. The molecule has 28 heavy (non-hydrogen) atoms. The van der Waals surface area contributed by atoms with Crippen LogP contribution in [0, 0.1) is 0 Å². The Hall–Kier alpha value is -0.830. The first-order valence-electron chi connectivity index (χ1n) is 12.3. The molecule has 0 heterocycles. The minimum atomic E-state index is -0.306. The lowest BCUT2D eigenvalue weighted by Gasteiger charge is -2.22. The van der Waals surface area contributed by atoms with Gasteiger partial charge >= 0.3 is 5.97 Å². The van der Waals surface area contributed by atoms with Gasteiger partial charge in [0.25, 0.3) is 0 Å². The highest BCUT2D eigenvalue weighted by atomic mass is 16.5. The number of carbonyl (C=O) groups excluding carboxylic acids is 1. The van der Waals surface area contributed by atoms with E-state index in [2.05, 4.69) is 25.3 Å². The molecule has 3 nitrogen and oxygen atoms in total. The fourth-order valence-corrected chi connectivity index (χ4v) is 3.61. The summed E-state index contributed by atoms with van der Waals surface area (Å²) < 4.78 is 5.19. The molecule has 0 aromatic heterocycles. The fourth-order valence-electron chi connectivity index (χ4n) is 3.61. The van der Waals surface area contributed by atoms with Crippen molar-refractivity contribution in [3.8, 4) is 0 Å². The van der Waals surface area contributed by atoms with Gasteiger partial charge in [-0.05, 0) is 25.9 Å². The second kappa shape index (κ2) is 22.5. The zero-order valence-electron chi connectivity index (χ0n) is 19.2. The molecule has 3 heteroatoms. The summed E-state index contributed by atoms with van der Waals surface area (Å²) in [7, 11) is 0. The van der Waals surface area contributed by atoms with Crippen LogP contribution in [0.3, 0.4) is 0 Å². The van der Waals surface area contributed by atoms with Crippen molar-refractivity contribution in [2.24, 2.45) is 0 Å². The van der Waals surface area contributed by atoms with Gasteiger partial charge in [0.2, 0.25) is 0 Å². The lowest BCUT2D eigenvalue weighted by Crippen LogP contribution is -2.30. The van der Waals surface area contributed by atoms with Crippen molar-refractivity contribution in [1.29, 1.82) is 0 Å². The van der Waals surface area contributed by atoms with E-state index >= 15 is 0 Å². The van der Waals surface area contributed by atoms with Gasteiger partial charge < -0.3 is 4.74 Å². The normalized spacial score (nSPS) is 11.1. The number of nitrogens with zero attached hydrogens (tertiary/aromatic N) is 1. The third-order valence-electron chi connectivity index (χ3n) is 5.47. The Balaban J connectivity index is 3.84. The highest BCUT2D eigenvalue weighted by molar-refractivity contribution is 5.81. The zero-order valence-corrected chi connectivity index (χ0v) is 19.2. The molecule has 0 bridgehead atoms. The van der Waals surface area contributed by atoms with E-state index in [4.69, 9.17) is 4.74 Å². The second-order valence-corrected chi connectivity index (χ2v) is 8.16. The summed E-state index contributed by atoms with van der Waals surface area (Å²) in [6, 6.07) is 0. The van der Waals surface area contributed by atoms with Gasteiger partial charge in [-0.1, -0.05) is 110 Å². The van der Waals surface area contributed by atoms with Crippen molar-refractivity contribution >= 4 is 5.97 Å². The molecule has 166 valence electrons. The molecule has 0 rings (SSSR count). The van der Waals surface area contributed by atoms with E-state index in [-0.39, 0.29) is 5.97 Å². The third-order valence-corrected chi connectivity index (χ3v) is 5.47. The van der Waals surface area contributed by atoms with Gasteiger partial charge in [0, 0.05) is 12.6 Å². The van der Waals surface area contributed by atoms with Gasteiger partial charge in [-0.2, -0.15) is 0 Å². The average Bonchev–Trinajstić information content (AvgIpc) is 2.71. The van der Waals surface area contributed by atoms with E-state index in [1.807, 2.05) is 0 Å². The van der Waals surface area contributed by atoms with E-state index in [9.17, 15) is 4.79 Å². The number of carbonyl (C=O) groups is 1. The van der Waals surface area contributed by atoms with Crippen molar-refractivity contribution in [3.63, 3.8) is 0 Å². The Morgan fingerprint density at radius 3 is 1.46 bits per heavy atom. The first kappa shape index (κ1) is 27.2. The topological polar surface area (TPSA) is 29.5 Å². The standard InChI is InChI=1S/C25H49NO2/c1-4-7-9-11-13-15-17-19-21-26(23-24-28-25(27)6-3)22-20-18-16-14-12-10-8-5-2/h6H,3-5,7-24H2,1-2H3. The minimum Gasteiger partial charge on any atom is -0.461 e. The van der Waals surface area contributed by atoms with Gasteiger partial charge in [-0.25, -0.2) is 4.79 Å². The van der Waals surface area contributed by atoms with Crippen LogP contribution in [-0.2, 0) is 9.53 Å². The predicted molar refractivity (Wildman–Crippen MR) is 123 cm³/mol. The van der Waals surface area contributed by atoms with Crippen LogP contribution in [0.1, 0.15) is 117 Å². The number of esters is 1. The van der Waals surface area contributed by atoms with Crippen molar-refractivity contribution < 1.29 is 9.53 Å².